The van der Waals surface area contributed by atoms with Gasteiger partial charge in [-0.05, 0) is 30.2 Å². The standard InChI is InChI=1S/C16H14ClFN4O2S2/c1-26(23,24)22-5-4-10-13(7-22)25-16-14(10)15(19-8-20-16)21-9-2-3-12(18)11(17)6-9/h2-3,6,8H,4-5,7H2,1H3,(H,19,20,21). The first-order valence-corrected chi connectivity index (χ1v) is 10.8. The monoisotopic (exact) mass is 412 g/mol. The molecule has 1 aromatic carbocycles. The van der Waals surface area contributed by atoms with Gasteiger partial charge in [-0.1, -0.05) is 11.6 Å². The van der Waals surface area contributed by atoms with Crippen molar-refractivity contribution in [3.05, 3.63) is 45.8 Å². The number of halogens is 2. The quantitative estimate of drug-likeness (QED) is 0.712. The third-order valence-corrected chi connectivity index (χ3v) is 6.92. The second kappa shape index (κ2) is 6.41. The summed E-state index contributed by atoms with van der Waals surface area (Å²) in [5.41, 5.74) is 1.67. The summed E-state index contributed by atoms with van der Waals surface area (Å²) in [6, 6.07) is 4.37. The zero-order chi connectivity index (χ0) is 18.5. The second-order valence-electron chi connectivity index (χ2n) is 6.01. The van der Waals surface area contributed by atoms with Crippen molar-refractivity contribution < 1.29 is 12.8 Å². The summed E-state index contributed by atoms with van der Waals surface area (Å²) in [7, 11) is -3.24. The van der Waals surface area contributed by atoms with Crippen LogP contribution in [0.15, 0.2) is 24.5 Å². The van der Waals surface area contributed by atoms with E-state index in [-0.39, 0.29) is 5.02 Å². The van der Waals surface area contributed by atoms with Crippen LogP contribution in [0.25, 0.3) is 10.2 Å². The summed E-state index contributed by atoms with van der Waals surface area (Å²) in [6.07, 6.45) is 3.26. The van der Waals surface area contributed by atoms with Crippen molar-refractivity contribution in [1.29, 1.82) is 0 Å². The van der Waals surface area contributed by atoms with Crippen molar-refractivity contribution in [3.63, 3.8) is 0 Å². The lowest BCUT2D eigenvalue weighted by Gasteiger charge is -2.24. The summed E-state index contributed by atoms with van der Waals surface area (Å²) in [4.78, 5) is 10.4. The molecule has 0 fully saturated rings. The Bertz CT molecular complexity index is 1120. The zero-order valence-corrected chi connectivity index (χ0v) is 16.1. The molecule has 0 saturated heterocycles. The fraction of sp³-hybridized carbons (Fsp3) is 0.250. The molecule has 6 nitrogen and oxygen atoms in total. The first-order chi connectivity index (χ1) is 12.3. The Balaban J connectivity index is 1.76. The fourth-order valence-corrected chi connectivity index (χ4v) is 5.24. The van der Waals surface area contributed by atoms with Gasteiger partial charge in [-0.3, -0.25) is 0 Å². The van der Waals surface area contributed by atoms with Gasteiger partial charge in [-0.25, -0.2) is 22.8 Å². The van der Waals surface area contributed by atoms with Crippen LogP contribution < -0.4 is 5.32 Å². The molecule has 0 radical (unpaired) electrons. The normalized spacial score (nSPS) is 15.2. The van der Waals surface area contributed by atoms with Gasteiger partial charge in [0.25, 0.3) is 0 Å². The van der Waals surface area contributed by atoms with Crippen LogP contribution in [0.3, 0.4) is 0 Å². The summed E-state index contributed by atoms with van der Waals surface area (Å²) in [6.45, 7) is 0.769. The molecule has 3 heterocycles. The molecule has 10 heteroatoms. The summed E-state index contributed by atoms with van der Waals surface area (Å²) in [5, 5.41) is 4.07. The molecule has 2 aromatic heterocycles. The number of sulfonamides is 1. The predicted molar refractivity (Wildman–Crippen MR) is 101 cm³/mol. The van der Waals surface area contributed by atoms with E-state index in [2.05, 4.69) is 15.3 Å². The van der Waals surface area contributed by atoms with Crippen LogP contribution in [0.4, 0.5) is 15.9 Å². The maximum Gasteiger partial charge on any atom is 0.211 e. The van der Waals surface area contributed by atoms with Gasteiger partial charge in [0.15, 0.2) is 0 Å². The maximum atomic E-state index is 13.4. The van der Waals surface area contributed by atoms with Crippen molar-refractivity contribution in [2.24, 2.45) is 0 Å². The van der Waals surface area contributed by atoms with E-state index in [1.807, 2.05) is 0 Å². The number of rotatable bonds is 3. The lowest BCUT2D eigenvalue weighted by molar-refractivity contribution is 0.400. The highest BCUT2D eigenvalue weighted by Crippen LogP contribution is 2.38. The number of nitrogens with zero attached hydrogens (tertiary/aromatic N) is 3. The molecule has 0 aliphatic carbocycles. The van der Waals surface area contributed by atoms with Gasteiger partial charge in [0.05, 0.1) is 16.7 Å². The number of benzene rings is 1. The molecule has 0 bridgehead atoms. The zero-order valence-electron chi connectivity index (χ0n) is 13.7. The lowest BCUT2D eigenvalue weighted by atomic mass is 10.1. The Kier molecular flexibility index (Phi) is 4.34. The van der Waals surface area contributed by atoms with E-state index in [4.69, 9.17) is 11.6 Å². The Labute approximate surface area is 158 Å². The van der Waals surface area contributed by atoms with Crippen LogP contribution >= 0.6 is 22.9 Å². The Morgan fingerprint density at radius 3 is 2.88 bits per heavy atom. The molecule has 0 atom stereocenters. The second-order valence-corrected chi connectivity index (χ2v) is 9.48. The Hall–Kier alpha value is -1.81. The molecule has 1 aliphatic rings. The van der Waals surface area contributed by atoms with Crippen LogP contribution in [0.2, 0.25) is 5.02 Å². The molecule has 4 rings (SSSR count). The highest BCUT2D eigenvalue weighted by molar-refractivity contribution is 7.88. The van der Waals surface area contributed by atoms with Gasteiger partial charge in [-0.15, -0.1) is 11.3 Å². The van der Waals surface area contributed by atoms with Crippen LogP contribution in [-0.4, -0.2) is 35.5 Å². The molecule has 1 N–H and O–H groups in total. The number of hydrogen-bond acceptors (Lipinski definition) is 6. The minimum Gasteiger partial charge on any atom is -0.340 e. The van der Waals surface area contributed by atoms with Gasteiger partial charge in [0.2, 0.25) is 10.0 Å². The summed E-state index contributed by atoms with van der Waals surface area (Å²) >= 11 is 7.31. The number of nitrogens with one attached hydrogen (secondary N) is 1. The molecule has 1 aliphatic heterocycles. The van der Waals surface area contributed by atoms with Crippen molar-refractivity contribution >= 4 is 54.7 Å². The van der Waals surface area contributed by atoms with Crippen LogP contribution in [0.5, 0.6) is 0 Å². The fourth-order valence-electron chi connectivity index (χ4n) is 2.99. The first-order valence-electron chi connectivity index (χ1n) is 7.75. The van der Waals surface area contributed by atoms with E-state index in [0.29, 0.717) is 31.0 Å². The Morgan fingerprint density at radius 2 is 2.15 bits per heavy atom. The first kappa shape index (κ1) is 17.6. The van der Waals surface area contributed by atoms with Gasteiger partial charge < -0.3 is 5.32 Å². The molecular weight excluding hydrogens is 399 g/mol. The third kappa shape index (κ3) is 3.16. The highest BCUT2D eigenvalue weighted by atomic mass is 35.5. The lowest BCUT2D eigenvalue weighted by Crippen LogP contribution is -2.34. The van der Waals surface area contributed by atoms with E-state index in [1.54, 1.807) is 6.07 Å². The van der Waals surface area contributed by atoms with Gasteiger partial charge in [-0.2, -0.15) is 4.31 Å². The largest absolute Gasteiger partial charge is 0.340 e. The van der Waals surface area contributed by atoms with E-state index in [9.17, 15) is 12.8 Å². The summed E-state index contributed by atoms with van der Waals surface area (Å²) < 4.78 is 38.5. The molecule has 0 spiro atoms. The smallest absolute Gasteiger partial charge is 0.211 e. The van der Waals surface area contributed by atoms with Gasteiger partial charge in [0.1, 0.15) is 22.8 Å². The van der Waals surface area contributed by atoms with E-state index >= 15 is 0 Å². The SMILES string of the molecule is CS(=O)(=O)N1CCc2c(sc3ncnc(Nc4ccc(F)c(Cl)c4)c23)C1. The van der Waals surface area contributed by atoms with Crippen LogP contribution in [0, 0.1) is 5.82 Å². The number of fused-ring (bicyclic) bond motifs is 3. The van der Waals surface area contributed by atoms with E-state index in [0.717, 1.165) is 20.7 Å². The number of anilines is 2. The number of thiophene rings is 1. The molecule has 0 saturated carbocycles. The van der Waals surface area contributed by atoms with Gasteiger partial charge in [0, 0.05) is 23.7 Å². The van der Waals surface area contributed by atoms with Crippen molar-refractivity contribution in [3.8, 4) is 0 Å². The molecule has 0 unspecified atom stereocenters. The Morgan fingerprint density at radius 1 is 1.35 bits per heavy atom. The molecule has 26 heavy (non-hydrogen) atoms. The molecule has 3 aromatic rings. The predicted octanol–water partition coefficient (Wildman–Crippen LogP) is 3.55. The molecular formula is C16H14ClFN4O2S2. The maximum absolute atomic E-state index is 13.4. The molecule has 136 valence electrons. The molecule has 0 amide bonds. The summed E-state index contributed by atoms with van der Waals surface area (Å²) in [5.74, 6) is 0.113. The van der Waals surface area contributed by atoms with Crippen molar-refractivity contribution in [2.45, 2.75) is 13.0 Å². The minimum absolute atomic E-state index is 0.0245. The average molecular weight is 413 g/mol. The topological polar surface area (TPSA) is 75.2 Å². The van der Waals surface area contributed by atoms with Gasteiger partial charge >= 0.3 is 0 Å². The number of hydrogen-bond donors (Lipinski definition) is 1. The van der Waals surface area contributed by atoms with Crippen molar-refractivity contribution in [1.82, 2.24) is 14.3 Å². The highest BCUT2D eigenvalue weighted by Gasteiger charge is 2.28. The number of aromatic nitrogens is 2. The van der Waals surface area contributed by atoms with E-state index < -0.39 is 15.8 Å². The van der Waals surface area contributed by atoms with Crippen LogP contribution in [-0.2, 0) is 23.0 Å². The third-order valence-electron chi connectivity index (χ3n) is 4.25. The van der Waals surface area contributed by atoms with Crippen LogP contribution in [0.1, 0.15) is 10.4 Å². The average Bonchev–Trinajstić information content (AvgIpc) is 2.96. The van der Waals surface area contributed by atoms with E-state index in [1.165, 1.54) is 40.4 Å². The minimum atomic E-state index is -3.24. The van der Waals surface area contributed by atoms with Crippen molar-refractivity contribution in [2.75, 3.05) is 18.1 Å².